The van der Waals surface area contributed by atoms with Crippen molar-refractivity contribution >= 4 is 11.6 Å². The lowest BCUT2D eigenvalue weighted by molar-refractivity contribution is 0.102. The smallest absolute Gasteiger partial charge is 0.256 e. The van der Waals surface area contributed by atoms with Crippen LogP contribution in [0.2, 0.25) is 0 Å². The van der Waals surface area contributed by atoms with Gasteiger partial charge in [0.1, 0.15) is 17.4 Å². The molecule has 19 heavy (non-hydrogen) atoms. The van der Waals surface area contributed by atoms with Crippen molar-refractivity contribution in [1.82, 2.24) is 0 Å². The Balaban J connectivity index is 2.31. The molecule has 2 N–H and O–H groups in total. The summed E-state index contributed by atoms with van der Waals surface area (Å²) in [5.41, 5.74) is 0.327. The molecule has 0 saturated heterocycles. The van der Waals surface area contributed by atoms with Crippen molar-refractivity contribution in [2.45, 2.75) is 6.92 Å². The molecule has 2 aromatic rings. The number of benzene rings is 2. The summed E-state index contributed by atoms with van der Waals surface area (Å²) in [6, 6.07) is 7.21. The van der Waals surface area contributed by atoms with Crippen molar-refractivity contribution in [3.8, 4) is 5.75 Å². The molecule has 2 rings (SSSR count). The van der Waals surface area contributed by atoms with Crippen LogP contribution in [0.25, 0.3) is 0 Å². The Hall–Kier alpha value is -2.43. The summed E-state index contributed by atoms with van der Waals surface area (Å²) >= 11 is 0. The number of nitrogens with one attached hydrogen (secondary N) is 1. The first-order valence-electron chi connectivity index (χ1n) is 5.54. The topological polar surface area (TPSA) is 49.3 Å². The normalized spacial score (nSPS) is 10.3. The highest BCUT2D eigenvalue weighted by atomic mass is 19.1. The number of carbonyl (C=O) groups is 1. The molecule has 0 fully saturated rings. The summed E-state index contributed by atoms with van der Waals surface area (Å²) in [5, 5.41) is 11.8. The molecule has 0 bridgehead atoms. The molecule has 0 aliphatic carbocycles. The number of aromatic hydroxyl groups is 1. The molecule has 0 unspecified atom stereocenters. The van der Waals surface area contributed by atoms with Crippen LogP contribution in [0.1, 0.15) is 15.9 Å². The van der Waals surface area contributed by atoms with Gasteiger partial charge in [-0.05, 0) is 31.2 Å². The van der Waals surface area contributed by atoms with Crippen LogP contribution in [-0.4, -0.2) is 11.0 Å². The summed E-state index contributed by atoms with van der Waals surface area (Å²) in [6.07, 6.45) is 0. The molecule has 0 saturated carbocycles. The van der Waals surface area contributed by atoms with Gasteiger partial charge in [0.05, 0.1) is 5.69 Å². The fraction of sp³-hybridized carbons (Fsp3) is 0.0714. The van der Waals surface area contributed by atoms with Crippen molar-refractivity contribution in [3.05, 3.63) is 59.2 Å². The van der Waals surface area contributed by atoms with E-state index >= 15 is 0 Å². The lowest BCUT2D eigenvalue weighted by Gasteiger charge is -2.09. The van der Waals surface area contributed by atoms with Crippen LogP contribution in [0, 0.1) is 18.6 Å². The van der Waals surface area contributed by atoms with Gasteiger partial charge < -0.3 is 10.4 Å². The third-order valence-electron chi connectivity index (χ3n) is 2.73. The van der Waals surface area contributed by atoms with Crippen molar-refractivity contribution in [2.75, 3.05) is 5.32 Å². The molecule has 0 aliphatic rings. The Morgan fingerprint density at radius 2 is 1.95 bits per heavy atom. The number of phenolic OH excluding ortho intramolecular Hbond substituents is 1. The van der Waals surface area contributed by atoms with Crippen LogP contribution in [0.4, 0.5) is 14.5 Å². The summed E-state index contributed by atoms with van der Waals surface area (Å²) in [7, 11) is 0. The number of rotatable bonds is 2. The van der Waals surface area contributed by atoms with Crippen LogP contribution in [0.5, 0.6) is 5.75 Å². The zero-order valence-electron chi connectivity index (χ0n) is 10.1. The first-order chi connectivity index (χ1) is 8.99. The predicted molar refractivity (Wildman–Crippen MR) is 67.2 cm³/mol. The zero-order chi connectivity index (χ0) is 14.0. The standard InChI is InChI=1S/C14H11F2NO2/c1-8-10(3-2-4-13(8)18)14(19)17-12-7-9(15)5-6-11(12)16/h2-7,18H,1H3,(H,17,19). The van der Waals surface area contributed by atoms with Crippen molar-refractivity contribution < 1.29 is 18.7 Å². The van der Waals surface area contributed by atoms with Gasteiger partial charge >= 0.3 is 0 Å². The summed E-state index contributed by atoms with van der Waals surface area (Å²) in [6.45, 7) is 1.56. The molecule has 0 aromatic heterocycles. The van der Waals surface area contributed by atoms with E-state index in [4.69, 9.17) is 0 Å². The summed E-state index contributed by atoms with van der Waals surface area (Å²) in [5.74, 6) is -2.03. The van der Waals surface area contributed by atoms with Crippen LogP contribution in [-0.2, 0) is 0 Å². The molecule has 0 heterocycles. The van der Waals surface area contributed by atoms with Crippen LogP contribution >= 0.6 is 0 Å². The second-order valence-electron chi connectivity index (χ2n) is 4.03. The van der Waals surface area contributed by atoms with E-state index in [1.165, 1.54) is 18.2 Å². The van der Waals surface area contributed by atoms with E-state index in [0.29, 0.717) is 5.56 Å². The van der Waals surface area contributed by atoms with Gasteiger partial charge in [0, 0.05) is 17.2 Å². The average Bonchev–Trinajstić information content (AvgIpc) is 2.37. The average molecular weight is 263 g/mol. The number of carbonyl (C=O) groups excluding carboxylic acids is 1. The van der Waals surface area contributed by atoms with E-state index in [1.54, 1.807) is 6.92 Å². The minimum atomic E-state index is -0.729. The molecule has 0 aliphatic heterocycles. The molecular formula is C14H11F2NO2. The van der Waals surface area contributed by atoms with E-state index in [2.05, 4.69) is 5.32 Å². The predicted octanol–water partition coefficient (Wildman–Crippen LogP) is 3.23. The number of phenols is 1. The van der Waals surface area contributed by atoms with Gasteiger partial charge in [-0.25, -0.2) is 8.78 Å². The number of anilines is 1. The Bertz CT molecular complexity index is 641. The maximum Gasteiger partial charge on any atom is 0.256 e. The third-order valence-corrected chi connectivity index (χ3v) is 2.73. The Kier molecular flexibility index (Phi) is 3.46. The van der Waals surface area contributed by atoms with Crippen molar-refractivity contribution in [2.24, 2.45) is 0 Å². The molecule has 0 atom stereocenters. The van der Waals surface area contributed by atoms with Crippen molar-refractivity contribution in [3.63, 3.8) is 0 Å². The SMILES string of the molecule is Cc1c(O)cccc1C(=O)Nc1cc(F)ccc1F. The quantitative estimate of drug-likeness (QED) is 0.873. The molecule has 5 heteroatoms. The van der Waals surface area contributed by atoms with Crippen LogP contribution in [0.15, 0.2) is 36.4 Å². The highest BCUT2D eigenvalue weighted by Crippen LogP contribution is 2.22. The second-order valence-corrected chi connectivity index (χ2v) is 4.03. The molecule has 98 valence electrons. The lowest BCUT2D eigenvalue weighted by Crippen LogP contribution is -2.14. The van der Waals surface area contributed by atoms with Gasteiger partial charge in [-0.15, -0.1) is 0 Å². The monoisotopic (exact) mass is 263 g/mol. The number of amides is 1. The molecule has 0 spiro atoms. The highest BCUT2D eigenvalue weighted by Gasteiger charge is 2.13. The third kappa shape index (κ3) is 2.70. The molecule has 0 radical (unpaired) electrons. The van der Waals surface area contributed by atoms with Crippen LogP contribution in [0.3, 0.4) is 0 Å². The van der Waals surface area contributed by atoms with Gasteiger partial charge in [-0.3, -0.25) is 4.79 Å². The van der Waals surface area contributed by atoms with Gasteiger partial charge in [0.25, 0.3) is 5.91 Å². The van der Waals surface area contributed by atoms with Gasteiger partial charge in [0.15, 0.2) is 0 Å². The minimum Gasteiger partial charge on any atom is -0.508 e. The van der Waals surface area contributed by atoms with Crippen LogP contribution < -0.4 is 5.32 Å². The maximum absolute atomic E-state index is 13.4. The number of hydrogen-bond acceptors (Lipinski definition) is 2. The summed E-state index contributed by atoms with van der Waals surface area (Å²) < 4.78 is 26.4. The highest BCUT2D eigenvalue weighted by molar-refractivity contribution is 6.05. The van der Waals surface area contributed by atoms with E-state index in [-0.39, 0.29) is 17.0 Å². The number of halogens is 2. The van der Waals surface area contributed by atoms with E-state index < -0.39 is 17.5 Å². The lowest BCUT2D eigenvalue weighted by atomic mass is 10.1. The fourth-order valence-corrected chi connectivity index (χ4v) is 1.65. The molecule has 2 aromatic carbocycles. The Morgan fingerprint density at radius 1 is 1.21 bits per heavy atom. The maximum atomic E-state index is 13.4. The van der Waals surface area contributed by atoms with E-state index in [1.807, 2.05) is 0 Å². The van der Waals surface area contributed by atoms with Gasteiger partial charge in [-0.2, -0.15) is 0 Å². The van der Waals surface area contributed by atoms with E-state index in [0.717, 1.165) is 18.2 Å². The first kappa shape index (κ1) is 13.0. The fourth-order valence-electron chi connectivity index (χ4n) is 1.65. The number of hydrogen-bond donors (Lipinski definition) is 2. The van der Waals surface area contributed by atoms with E-state index in [9.17, 15) is 18.7 Å². The summed E-state index contributed by atoms with van der Waals surface area (Å²) in [4.78, 5) is 11.9. The Morgan fingerprint density at radius 3 is 2.68 bits per heavy atom. The molecule has 3 nitrogen and oxygen atoms in total. The second kappa shape index (κ2) is 5.06. The molecule has 1 amide bonds. The van der Waals surface area contributed by atoms with Crippen molar-refractivity contribution in [1.29, 1.82) is 0 Å². The largest absolute Gasteiger partial charge is 0.508 e. The molecular weight excluding hydrogens is 252 g/mol. The van der Waals surface area contributed by atoms with Gasteiger partial charge in [0.2, 0.25) is 0 Å². The van der Waals surface area contributed by atoms with Gasteiger partial charge in [-0.1, -0.05) is 6.07 Å². The Labute approximate surface area is 108 Å². The first-order valence-corrected chi connectivity index (χ1v) is 5.54. The zero-order valence-corrected chi connectivity index (χ0v) is 10.1. The minimum absolute atomic E-state index is 0.0348.